The van der Waals surface area contributed by atoms with Gasteiger partial charge in [0.1, 0.15) is 0 Å². The SMILES string of the molecule is CCc1ccc2c(N)c(CC)sc2c1N. The Morgan fingerprint density at radius 2 is 1.80 bits per heavy atom. The first kappa shape index (κ1) is 10.3. The summed E-state index contributed by atoms with van der Waals surface area (Å²) < 4.78 is 1.16. The van der Waals surface area contributed by atoms with Gasteiger partial charge < -0.3 is 11.5 Å². The van der Waals surface area contributed by atoms with Gasteiger partial charge >= 0.3 is 0 Å². The Labute approximate surface area is 93.9 Å². The zero-order chi connectivity index (χ0) is 11.0. The third kappa shape index (κ3) is 1.47. The summed E-state index contributed by atoms with van der Waals surface area (Å²) in [5.41, 5.74) is 15.2. The van der Waals surface area contributed by atoms with Gasteiger partial charge in [-0.25, -0.2) is 0 Å². The molecule has 3 heteroatoms. The lowest BCUT2D eigenvalue weighted by Gasteiger charge is -2.03. The minimum absolute atomic E-state index is 0.909. The number of benzene rings is 1. The molecule has 1 heterocycles. The Kier molecular flexibility index (Phi) is 2.57. The summed E-state index contributed by atoms with van der Waals surface area (Å²) in [6, 6.07) is 4.18. The van der Waals surface area contributed by atoms with Crippen LogP contribution in [-0.2, 0) is 12.8 Å². The monoisotopic (exact) mass is 220 g/mol. The lowest BCUT2D eigenvalue weighted by molar-refractivity contribution is 1.15. The van der Waals surface area contributed by atoms with E-state index in [0.717, 1.165) is 34.3 Å². The van der Waals surface area contributed by atoms with Crippen molar-refractivity contribution in [1.29, 1.82) is 0 Å². The molecule has 0 aliphatic carbocycles. The van der Waals surface area contributed by atoms with Crippen LogP contribution in [0.15, 0.2) is 12.1 Å². The number of anilines is 2. The van der Waals surface area contributed by atoms with Crippen LogP contribution in [-0.4, -0.2) is 0 Å². The van der Waals surface area contributed by atoms with Gasteiger partial charge in [-0.15, -0.1) is 11.3 Å². The van der Waals surface area contributed by atoms with Crippen LogP contribution in [0.5, 0.6) is 0 Å². The van der Waals surface area contributed by atoms with Crippen LogP contribution in [0, 0.1) is 0 Å². The fraction of sp³-hybridized carbons (Fsp3) is 0.333. The molecule has 0 aliphatic rings. The van der Waals surface area contributed by atoms with Crippen LogP contribution in [0.1, 0.15) is 24.3 Å². The number of nitrogen functional groups attached to an aromatic ring is 2. The van der Waals surface area contributed by atoms with Gasteiger partial charge in [0.15, 0.2) is 0 Å². The van der Waals surface area contributed by atoms with E-state index in [-0.39, 0.29) is 0 Å². The highest BCUT2D eigenvalue weighted by atomic mass is 32.1. The van der Waals surface area contributed by atoms with Crippen LogP contribution in [0.4, 0.5) is 11.4 Å². The Balaban J connectivity index is 2.77. The Morgan fingerprint density at radius 1 is 1.07 bits per heavy atom. The summed E-state index contributed by atoms with van der Waals surface area (Å²) in [6.07, 6.45) is 1.95. The first-order valence-corrected chi connectivity index (χ1v) is 6.08. The molecule has 1 aromatic carbocycles. The molecule has 0 amide bonds. The van der Waals surface area contributed by atoms with Crippen molar-refractivity contribution in [3.63, 3.8) is 0 Å². The van der Waals surface area contributed by atoms with Crippen molar-refractivity contribution < 1.29 is 0 Å². The van der Waals surface area contributed by atoms with Crippen molar-refractivity contribution >= 4 is 32.8 Å². The highest BCUT2D eigenvalue weighted by Gasteiger charge is 2.11. The third-order valence-corrected chi connectivity index (χ3v) is 4.20. The van der Waals surface area contributed by atoms with Crippen LogP contribution >= 0.6 is 11.3 Å². The number of nitrogens with two attached hydrogens (primary N) is 2. The first-order chi connectivity index (χ1) is 7.19. The molecule has 0 spiro atoms. The Morgan fingerprint density at radius 3 is 2.40 bits per heavy atom. The molecule has 2 aromatic rings. The normalized spacial score (nSPS) is 11.1. The Bertz CT molecular complexity index is 500. The van der Waals surface area contributed by atoms with Gasteiger partial charge in [0.05, 0.1) is 16.1 Å². The second-order valence-corrected chi connectivity index (χ2v) is 4.77. The van der Waals surface area contributed by atoms with E-state index < -0.39 is 0 Å². The summed E-state index contributed by atoms with van der Waals surface area (Å²) in [4.78, 5) is 1.24. The molecule has 2 rings (SSSR count). The molecule has 2 nitrogen and oxygen atoms in total. The standard InChI is InChI=1S/C12H16N2S/c1-3-7-5-6-8-11(14)9(4-2)15-12(8)10(7)13/h5-6H,3-4,13-14H2,1-2H3. The number of hydrogen-bond donors (Lipinski definition) is 2. The molecule has 0 aliphatic heterocycles. The van der Waals surface area contributed by atoms with Crippen LogP contribution in [0.2, 0.25) is 0 Å². The molecule has 0 unspecified atom stereocenters. The van der Waals surface area contributed by atoms with E-state index in [1.807, 2.05) is 0 Å². The average Bonchev–Trinajstić information content (AvgIpc) is 2.57. The van der Waals surface area contributed by atoms with Gasteiger partial charge in [-0.1, -0.05) is 26.0 Å². The van der Waals surface area contributed by atoms with E-state index >= 15 is 0 Å². The zero-order valence-corrected chi connectivity index (χ0v) is 9.95. The molecule has 80 valence electrons. The van der Waals surface area contributed by atoms with Crippen molar-refractivity contribution in [3.05, 3.63) is 22.6 Å². The van der Waals surface area contributed by atoms with Gasteiger partial charge in [-0.2, -0.15) is 0 Å². The third-order valence-electron chi connectivity index (χ3n) is 2.80. The van der Waals surface area contributed by atoms with Gasteiger partial charge in [-0.3, -0.25) is 0 Å². The van der Waals surface area contributed by atoms with E-state index in [1.54, 1.807) is 11.3 Å². The molecular formula is C12H16N2S. The maximum Gasteiger partial charge on any atom is 0.0599 e. The van der Waals surface area contributed by atoms with Gasteiger partial charge in [0, 0.05) is 10.3 Å². The van der Waals surface area contributed by atoms with E-state index in [1.165, 1.54) is 10.4 Å². The predicted molar refractivity (Wildman–Crippen MR) is 69.4 cm³/mol. The second kappa shape index (κ2) is 3.74. The fourth-order valence-electron chi connectivity index (χ4n) is 1.86. The Hall–Kier alpha value is -1.22. The molecule has 15 heavy (non-hydrogen) atoms. The number of thiophene rings is 1. The molecule has 0 fully saturated rings. The van der Waals surface area contributed by atoms with E-state index in [0.29, 0.717) is 0 Å². The maximum atomic E-state index is 6.12. The largest absolute Gasteiger partial charge is 0.397 e. The average molecular weight is 220 g/mol. The molecule has 1 aromatic heterocycles. The van der Waals surface area contributed by atoms with Crippen molar-refractivity contribution in [2.45, 2.75) is 26.7 Å². The van der Waals surface area contributed by atoms with Gasteiger partial charge in [0.2, 0.25) is 0 Å². The molecule has 0 bridgehead atoms. The number of aryl methyl sites for hydroxylation is 2. The van der Waals surface area contributed by atoms with Crippen LogP contribution in [0.3, 0.4) is 0 Å². The maximum absolute atomic E-state index is 6.12. The smallest absolute Gasteiger partial charge is 0.0599 e. The van der Waals surface area contributed by atoms with E-state index in [4.69, 9.17) is 11.5 Å². The second-order valence-electron chi connectivity index (χ2n) is 3.66. The molecule has 0 saturated heterocycles. The summed E-state index contributed by atoms with van der Waals surface area (Å²) >= 11 is 1.73. The van der Waals surface area contributed by atoms with E-state index in [9.17, 15) is 0 Å². The molecule has 0 radical (unpaired) electrons. The number of fused-ring (bicyclic) bond motifs is 1. The molecule has 4 N–H and O–H groups in total. The quantitative estimate of drug-likeness (QED) is 0.764. The molecule has 0 saturated carbocycles. The minimum atomic E-state index is 0.909. The van der Waals surface area contributed by atoms with Gasteiger partial charge in [-0.05, 0) is 18.4 Å². The first-order valence-electron chi connectivity index (χ1n) is 5.27. The highest BCUT2D eigenvalue weighted by Crippen LogP contribution is 2.38. The van der Waals surface area contributed by atoms with Crippen molar-refractivity contribution in [2.75, 3.05) is 11.5 Å². The minimum Gasteiger partial charge on any atom is -0.397 e. The highest BCUT2D eigenvalue weighted by molar-refractivity contribution is 7.20. The number of hydrogen-bond acceptors (Lipinski definition) is 3. The summed E-state index contributed by atoms with van der Waals surface area (Å²) in [6.45, 7) is 4.24. The summed E-state index contributed by atoms with van der Waals surface area (Å²) in [7, 11) is 0. The lowest BCUT2D eigenvalue weighted by Crippen LogP contribution is -1.93. The molecular weight excluding hydrogens is 204 g/mol. The topological polar surface area (TPSA) is 52.0 Å². The lowest BCUT2D eigenvalue weighted by atomic mass is 10.1. The molecule has 0 atom stereocenters. The van der Waals surface area contributed by atoms with Crippen molar-refractivity contribution in [3.8, 4) is 0 Å². The zero-order valence-electron chi connectivity index (χ0n) is 9.13. The predicted octanol–water partition coefficient (Wildman–Crippen LogP) is 3.19. The van der Waals surface area contributed by atoms with Gasteiger partial charge in [0.25, 0.3) is 0 Å². The fourth-order valence-corrected chi connectivity index (χ4v) is 3.00. The summed E-state index contributed by atoms with van der Waals surface area (Å²) in [5, 5.41) is 1.12. The van der Waals surface area contributed by atoms with Crippen LogP contribution in [0.25, 0.3) is 10.1 Å². The van der Waals surface area contributed by atoms with Crippen LogP contribution < -0.4 is 11.5 Å². The summed E-state index contributed by atoms with van der Waals surface area (Å²) in [5.74, 6) is 0. The van der Waals surface area contributed by atoms with Crippen molar-refractivity contribution in [1.82, 2.24) is 0 Å². The van der Waals surface area contributed by atoms with E-state index in [2.05, 4.69) is 26.0 Å². The number of rotatable bonds is 2. The van der Waals surface area contributed by atoms with Crippen molar-refractivity contribution in [2.24, 2.45) is 0 Å².